The number of carbonyl (C=O) groups is 2. The van der Waals surface area contributed by atoms with E-state index in [1.54, 1.807) is 52.0 Å². The van der Waals surface area contributed by atoms with Gasteiger partial charge in [-0.05, 0) is 84.6 Å². The van der Waals surface area contributed by atoms with Crippen LogP contribution in [0.1, 0.15) is 77.6 Å². The molecule has 0 bridgehead atoms. The average molecular weight is 560 g/mol. The Hall–Kier alpha value is -2.90. The number of anilines is 1. The summed E-state index contributed by atoms with van der Waals surface area (Å²) >= 11 is 0. The highest BCUT2D eigenvalue weighted by molar-refractivity contribution is 7.69. The van der Waals surface area contributed by atoms with E-state index in [0.717, 1.165) is 12.8 Å². The van der Waals surface area contributed by atoms with Gasteiger partial charge in [0.1, 0.15) is 22.9 Å². The van der Waals surface area contributed by atoms with E-state index >= 15 is 0 Å². The third-order valence-electron chi connectivity index (χ3n) is 6.30. The van der Waals surface area contributed by atoms with Crippen LogP contribution in [0.15, 0.2) is 36.5 Å². The molecule has 2 aromatic rings. The molecule has 1 atom stereocenters. The molecule has 1 saturated carbocycles. The molecule has 1 heterocycles. The van der Waals surface area contributed by atoms with Crippen LogP contribution >= 0.6 is 7.29 Å². The van der Waals surface area contributed by atoms with Gasteiger partial charge >= 0.3 is 5.97 Å². The van der Waals surface area contributed by atoms with Crippen LogP contribution in [0.4, 0.5) is 5.82 Å². The van der Waals surface area contributed by atoms with Gasteiger partial charge in [0.25, 0.3) is 5.91 Å². The fourth-order valence-electron chi connectivity index (χ4n) is 4.42. The van der Waals surface area contributed by atoms with Crippen molar-refractivity contribution in [2.45, 2.75) is 85.0 Å². The van der Waals surface area contributed by atoms with Crippen LogP contribution in [0, 0.1) is 5.92 Å². The normalized spacial score (nSPS) is 15.7. The summed E-state index contributed by atoms with van der Waals surface area (Å²) in [4.78, 5) is 29.8. The summed E-state index contributed by atoms with van der Waals surface area (Å²) in [5, 5.41) is 6.13. The molecule has 1 unspecified atom stereocenters. The second kappa shape index (κ2) is 13.0. The Morgan fingerprint density at radius 2 is 1.72 bits per heavy atom. The van der Waals surface area contributed by atoms with Crippen LogP contribution in [-0.2, 0) is 14.1 Å². The van der Waals surface area contributed by atoms with Gasteiger partial charge in [0.2, 0.25) is 0 Å². The van der Waals surface area contributed by atoms with Gasteiger partial charge in [-0.15, -0.1) is 0 Å². The molecule has 1 aromatic heterocycles. The number of aromatic nitrogens is 1. The first-order valence-electron chi connectivity index (χ1n) is 13.6. The summed E-state index contributed by atoms with van der Waals surface area (Å²) in [7, 11) is -3.18. The van der Waals surface area contributed by atoms with Gasteiger partial charge in [-0.25, -0.2) is 10.1 Å². The van der Waals surface area contributed by atoms with Gasteiger partial charge < -0.3 is 24.1 Å². The topological polar surface area (TPSA) is 116 Å². The summed E-state index contributed by atoms with van der Waals surface area (Å²) in [6, 6.07) is 8.39. The number of pyridine rings is 1. The minimum absolute atomic E-state index is 0.0595. The number of hydrogen-bond acceptors (Lipinski definition) is 7. The SMILES string of the molecule is CC(C)OC(=O)C(C)(C)NP(C)(=O)c1ccc(NC(=O)c2cc(OCC3CCCC3)cc(OC(C)C)c2)nc1. The van der Waals surface area contributed by atoms with E-state index in [0.29, 0.717) is 40.7 Å². The molecule has 0 aliphatic heterocycles. The lowest BCUT2D eigenvalue weighted by Crippen LogP contribution is -2.48. The molecule has 2 N–H and O–H groups in total. The number of rotatable bonds is 12. The molecule has 0 radical (unpaired) electrons. The van der Waals surface area contributed by atoms with E-state index in [4.69, 9.17) is 14.2 Å². The molecular weight excluding hydrogens is 517 g/mol. The van der Waals surface area contributed by atoms with Crippen molar-refractivity contribution in [1.29, 1.82) is 0 Å². The molecule has 10 heteroatoms. The number of benzene rings is 1. The van der Waals surface area contributed by atoms with Crippen LogP contribution in [-0.4, -0.2) is 47.9 Å². The predicted molar refractivity (Wildman–Crippen MR) is 153 cm³/mol. The molecule has 1 aromatic carbocycles. The van der Waals surface area contributed by atoms with Gasteiger partial charge in [0.15, 0.2) is 7.29 Å². The summed E-state index contributed by atoms with van der Waals surface area (Å²) in [6.07, 6.45) is 5.88. The average Bonchev–Trinajstić information content (AvgIpc) is 3.35. The van der Waals surface area contributed by atoms with Crippen molar-refractivity contribution >= 4 is 30.3 Å². The molecule has 1 amide bonds. The van der Waals surface area contributed by atoms with Gasteiger partial charge in [0, 0.05) is 29.8 Å². The molecular formula is C29H42N3O6P. The van der Waals surface area contributed by atoms with E-state index in [1.165, 1.54) is 25.7 Å². The maximum atomic E-state index is 13.4. The molecule has 0 spiro atoms. The van der Waals surface area contributed by atoms with Crippen molar-refractivity contribution in [2.24, 2.45) is 5.92 Å². The summed E-state index contributed by atoms with van der Waals surface area (Å²) < 4.78 is 30.6. The fourth-order valence-corrected chi connectivity index (χ4v) is 6.35. The Labute approximate surface area is 231 Å². The molecule has 1 fully saturated rings. The van der Waals surface area contributed by atoms with Crippen LogP contribution < -0.4 is 25.2 Å². The number of hydrogen-bond donors (Lipinski definition) is 2. The minimum Gasteiger partial charge on any atom is -0.493 e. The summed E-state index contributed by atoms with van der Waals surface area (Å²) in [5.74, 6) is 1.11. The van der Waals surface area contributed by atoms with E-state index in [2.05, 4.69) is 15.4 Å². The molecule has 214 valence electrons. The minimum atomic E-state index is -3.18. The quantitative estimate of drug-likeness (QED) is 0.257. The van der Waals surface area contributed by atoms with Crippen LogP contribution in [0.2, 0.25) is 0 Å². The standard InChI is InChI=1S/C29H42N3O6P/c1-19(2)37-24-15-22(14-23(16-24)36-18-21-10-8-9-11-21)27(33)31-26-13-12-25(17-30-26)39(7,35)32-29(5,6)28(34)38-20(3)4/h12-17,19-21H,8-11,18H2,1-7H3,(H,32,35)(H,30,31,33). The molecule has 9 nitrogen and oxygen atoms in total. The zero-order valence-corrected chi connectivity index (χ0v) is 25.0. The molecule has 1 aliphatic carbocycles. The lowest BCUT2D eigenvalue weighted by Gasteiger charge is -2.29. The van der Waals surface area contributed by atoms with E-state index in [9.17, 15) is 14.2 Å². The summed E-state index contributed by atoms with van der Waals surface area (Å²) in [6.45, 7) is 12.8. The maximum Gasteiger partial charge on any atom is 0.326 e. The highest BCUT2D eigenvalue weighted by atomic mass is 31.2. The van der Waals surface area contributed by atoms with E-state index < -0.39 is 18.8 Å². The number of esters is 1. The molecule has 39 heavy (non-hydrogen) atoms. The highest BCUT2D eigenvalue weighted by Gasteiger charge is 2.36. The number of ether oxygens (including phenoxy) is 3. The Morgan fingerprint density at radius 1 is 1.05 bits per heavy atom. The Balaban J connectivity index is 1.71. The highest BCUT2D eigenvalue weighted by Crippen LogP contribution is 2.38. The number of carbonyl (C=O) groups excluding carboxylic acids is 2. The number of nitrogens with one attached hydrogen (secondary N) is 2. The van der Waals surface area contributed by atoms with Crippen molar-refractivity contribution in [3.63, 3.8) is 0 Å². The lowest BCUT2D eigenvalue weighted by atomic mass is 10.1. The van der Waals surface area contributed by atoms with E-state index in [-0.39, 0.29) is 18.1 Å². The van der Waals surface area contributed by atoms with Crippen molar-refractivity contribution < 1.29 is 28.4 Å². The van der Waals surface area contributed by atoms with Crippen LogP contribution in [0.5, 0.6) is 11.5 Å². The van der Waals surface area contributed by atoms with Crippen LogP contribution in [0.3, 0.4) is 0 Å². The Morgan fingerprint density at radius 3 is 2.31 bits per heavy atom. The van der Waals surface area contributed by atoms with E-state index in [1.807, 2.05) is 19.9 Å². The smallest absolute Gasteiger partial charge is 0.326 e. The first kappa shape index (κ1) is 30.6. The van der Waals surface area contributed by atoms with Crippen molar-refractivity contribution in [3.8, 4) is 11.5 Å². The Kier molecular flexibility index (Phi) is 10.2. The van der Waals surface area contributed by atoms with Gasteiger partial charge in [-0.1, -0.05) is 12.8 Å². The largest absolute Gasteiger partial charge is 0.493 e. The fraction of sp³-hybridized carbons (Fsp3) is 0.552. The van der Waals surface area contributed by atoms with Gasteiger partial charge in [-0.2, -0.15) is 0 Å². The maximum absolute atomic E-state index is 13.4. The molecule has 3 rings (SSSR count). The third-order valence-corrected chi connectivity index (χ3v) is 8.54. The second-order valence-electron chi connectivity index (χ2n) is 11.3. The van der Waals surface area contributed by atoms with Gasteiger partial charge in [-0.3, -0.25) is 9.59 Å². The second-order valence-corrected chi connectivity index (χ2v) is 13.9. The number of nitrogens with zero attached hydrogens (tertiary/aromatic N) is 1. The monoisotopic (exact) mass is 559 g/mol. The lowest BCUT2D eigenvalue weighted by molar-refractivity contribution is -0.153. The first-order chi connectivity index (χ1) is 18.2. The molecule has 0 saturated heterocycles. The Bertz CT molecular complexity index is 1190. The van der Waals surface area contributed by atoms with Crippen LogP contribution in [0.25, 0.3) is 0 Å². The predicted octanol–water partition coefficient (Wildman–Crippen LogP) is 5.54. The zero-order valence-electron chi connectivity index (χ0n) is 24.1. The van der Waals surface area contributed by atoms with Gasteiger partial charge in [0.05, 0.1) is 18.8 Å². The number of amides is 1. The van der Waals surface area contributed by atoms with Crippen molar-refractivity contribution in [2.75, 3.05) is 18.6 Å². The van der Waals surface area contributed by atoms with Crippen molar-refractivity contribution in [1.82, 2.24) is 10.1 Å². The third kappa shape index (κ3) is 9.07. The van der Waals surface area contributed by atoms with Crippen molar-refractivity contribution in [3.05, 3.63) is 42.1 Å². The summed E-state index contributed by atoms with van der Waals surface area (Å²) in [5.41, 5.74) is -0.782. The first-order valence-corrected chi connectivity index (χ1v) is 15.7. The molecule has 1 aliphatic rings. The zero-order chi connectivity index (χ0) is 28.8.